The van der Waals surface area contributed by atoms with Gasteiger partial charge in [-0.25, -0.2) is 4.68 Å². The Hall–Kier alpha value is -0.910. The summed E-state index contributed by atoms with van der Waals surface area (Å²) in [6.45, 7) is -0.127. The first-order chi connectivity index (χ1) is 7.20. The molecule has 0 aliphatic carbocycles. The Labute approximate surface area is 99.6 Å². The zero-order valence-corrected chi connectivity index (χ0v) is 9.90. The van der Waals surface area contributed by atoms with Crippen molar-refractivity contribution in [2.75, 3.05) is 0 Å². The molecule has 0 unspecified atom stereocenters. The lowest BCUT2D eigenvalue weighted by molar-refractivity contribution is 0.276. The number of rotatable bonds is 2. The summed E-state index contributed by atoms with van der Waals surface area (Å²) in [7, 11) is 0. The lowest BCUT2D eigenvalue weighted by Gasteiger charge is -2.03. The van der Waals surface area contributed by atoms with Crippen molar-refractivity contribution in [3.8, 4) is 5.69 Å². The van der Waals surface area contributed by atoms with Crippen LogP contribution in [0.2, 0.25) is 5.02 Å². The van der Waals surface area contributed by atoms with Crippen LogP contribution in [0, 0.1) is 0 Å². The molecular weight excluding hydrogens is 281 g/mol. The standard InChI is InChI=1S/C9H7BrClN3O/c10-8-2-1-6(11)3-9(8)14-4-7(5-15)12-13-14/h1-4,15H,5H2. The number of aromatic nitrogens is 3. The van der Waals surface area contributed by atoms with Crippen molar-refractivity contribution < 1.29 is 5.11 Å². The Bertz CT molecular complexity index is 486. The minimum absolute atomic E-state index is 0.127. The summed E-state index contributed by atoms with van der Waals surface area (Å²) in [6, 6.07) is 5.37. The first kappa shape index (κ1) is 10.6. The molecule has 0 bridgehead atoms. The van der Waals surface area contributed by atoms with Crippen LogP contribution in [0.5, 0.6) is 0 Å². The molecule has 2 aromatic rings. The van der Waals surface area contributed by atoms with E-state index in [4.69, 9.17) is 16.7 Å². The molecule has 1 heterocycles. The van der Waals surface area contributed by atoms with Crippen LogP contribution >= 0.6 is 27.5 Å². The smallest absolute Gasteiger partial charge is 0.109 e. The Morgan fingerprint density at radius 2 is 2.27 bits per heavy atom. The number of hydrogen-bond acceptors (Lipinski definition) is 3. The van der Waals surface area contributed by atoms with Gasteiger partial charge in [0.05, 0.1) is 18.5 Å². The van der Waals surface area contributed by atoms with Crippen LogP contribution in [-0.4, -0.2) is 20.1 Å². The maximum absolute atomic E-state index is 8.87. The largest absolute Gasteiger partial charge is 0.390 e. The number of hydrogen-bond donors (Lipinski definition) is 1. The van der Waals surface area contributed by atoms with Gasteiger partial charge in [0, 0.05) is 9.50 Å². The summed E-state index contributed by atoms with van der Waals surface area (Å²) in [6.07, 6.45) is 1.65. The van der Waals surface area contributed by atoms with E-state index in [1.165, 1.54) is 0 Å². The third kappa shape index (κ3) is 2.19. The minimum Gasteiger partial charge on any atom is -0.390 e. The highest BCUT2D eigenvalue weighted by Crippen LogP contribution is 2.24. The molecule has 0 saturated heterocycles. The fourth-order valence-corrected chi connectivity index (χ4v) is 1.74. The molecule has 0 radical (unpaired) electrons. The molecule has 0 amide bonds. The van der Waals surface area contributed by atoms with Crippen LogP contribution in [0.25, 0.3) is 5.69 Å². The highest BCUT2D eigenvalue weighted by Gasteiger charge is 2.06. The molecule has 1 aromatic carbocycles. The fraction of sp³-hybridized carbons (Fsp3) is 0.111. The summed E-state index contributed by atoms with van der Waals surface area (Å²) in [4.78, 5) is 0. The Balaban J connectivity index is 2.48. The van der Waals surface area contributed by atoms with E-state index in [9.17, 15) is 0 Å². The first-order valence-electron chi connectivity index (χ1n) is 4.18. The van der Waals surface area contributed by atoms with Crippen molar-refractivity contribution in [2.45, 2.75) is 6.61 Å². The van der Waals surface area contributed by atoms with Crippen LogP contribution in [0.4, 0.5) is 0 Å². The van der Waals surface area contributed by atoms with Gasteiger partial charge in [-0.1, -0.05) is 16.8 Å². The highest BCUT2D eigenvalue weighted by atomic mass is 79.9. The SMILES string of the molecule is OCc1cn(-c2cc(Cl)ccc2Br)nn1. The van der Waals surface area contributed by atoms with E-state index in [1.807, 2.05) is 6.07 Å². The lowest BCUT2D eigenvalue weighted by Crippen LogP contribution is -1.95. The molecule has 1 N–H and O–H groups in total. The van der Waals surface area contributed by atoms with Crippen LogP contribution in [0.15, 0.2) is 28.9 Å². The molecule has 2 rings (SSSR count). The molecule has 0 spiro atoms. The van der Waals surface area contributed by atoms with Gasteiger partial charge in [0.2, 0.25) is 0 Å². The third-order valence-corrected chi connectivity index (χ3v) is 2.76. The predicted octanol–water partition coefficient (Wildman–Crippen LogP) is 2.18. The first-order valence-corrected chi connectivity index (χ1v) is 5.35. The van der Waals surface area contributed by atoms with Crippen LogP contribution in [0.3, 0.4) is 0 Å². The zero-order chi connectivity index (χ0) is 10.8. The van der Waals surface area contributed by atoms with Gasteiger partial charge in [-0.05, 0) is 34.1 Å². The van der Waals surface area contributed by atoms with Crippen LogP contribution in [-0.2, 0) is 6.61 Å². The molecule has 0 aliphatic heterocycles. The Morgan fingerprint density at radius 1 is 1.47 bits per heavy atom. The normalized spacial score (nSPS) is 10.6. The van der Waals surface area contributed by atoms with Crippen LogP contribution in [0.1, 0.15) is 5.69 Å². The molecular formula is C9H7BrClN3O. The summed E-state index contributed by atoms with van der Waals surface area (Å²) in [5, 5.41) is 17.1. The van der Waals surface area contributed by atoms with Crippen molar-refractivity contribution in [2.24, 2.45) is 0 Å². The minimum atomic E-state index is -0.127. The maximum atomic E-state index is 8.87. The number of nitrogens with zero attached hydrogens (tertiary/aromatic N) is 3. The Kier molecular flexibility index (Phi) is 3.04. The van der Waals surface area contributed by atoms with E-state index in [0.717, 1.165) is 10.2 Å². The van der Waals surface area contributed by atoms with Crippen molar-refractivity contribution in [1.29, 1.82) is 0 Å². The van der Waals surface area contributed by atoms with Crippen molar-refractivity contribution >= 4 is 27.5 Å². The van der Waals surface area contributed by atoms with E-state index in [0.29, 0.717) is 10.7 Å². The predicted molar refractivity (Wildman–Crippen MR) is 60.0 cm³/mol. The Morgan fingerprint density at radius 3 is 2.93 bits per heavy atom. The second-order valence-corrected chi connectivity index (χ2v) is 4.20. The van der Waals surface area contributed by atoms with E-state index < -0.39 is 0 Å². The van der Waals surface area contributed by atoms with Gasteiger partial charge >= 0.3 is 0 Å². The van der Waals surface area contributed by atoms with Gasteiger partial charge in [-0.15, -0.1) is 5.10 Å². The van der Waals surface area contributed by atoms with Gasteiger partial charge in [-0.3, -0.25) is 0 Å². The molecule has 0 aliphatic rings. The molecule has 4 nitrogen and oxygen atoms in total. The molecule has 0 fully saturated rings. The van der Waals surface area contributed by atoms with Crippen molar-refractivity contribution in [1.82, 2.24) is 15.0 Å². The molecule has 15 heavy (non-hydrogen) atoms. The maximum Gasteiger partial charge on any atom is 0.109 e. The number of aliphatic hydroxyl groups is 1. The summed E-state index contributed by atoms with van der Waals surface area (Å²) < 4.78 is 2.42. The molecule has 0 saturated carbocycles. The summed E-state index contributed by atoms with van der Waals surface area (Å²) >= 11 is 9.26. The quantitative estimate of drug-likeness (QED) is 0.921. The van der Waals surface area contributed by atoms with Crippen LogP contribution < -0.4 is 0 Å². The summed E-state index contributed by atoms with van der Waals surface area (Å²) in [5.74, 6) is 0. The number of benzene rings is 1. The van der Waals surface area contributed by atoms with E-state index >= 15 is 0 Å². The molecule has 78 valence electrons. The summed E-state index contributed by atoms with van der Waals surface area (Å²) in [5.41, 5.74) is 1.30. The molecule has 0 atom stereocenters. The van der Waals surface area contributed by atoms with Gasteiger partial charge < -0.3 is 5.11 Å². The monoisotopic (exact) mass is 287 g/mol. The second kappa shape index (κ2) is 4.30. The van der Waals surface area contributed by atoms with E-state index in [-0.39, 0.29) is 6.61 Å². The fourth-order valence-electron chi connectivity index (χ4n) is 1.15. The average Bonchev–Trinajstić information content (AvgIpc) is 2.70. The topological polar surface area (TPSA) is 50.9 Å². The van der Waals surface area contributed by atoms with Crippen molar-refractivity contribution in [3.63, 3.8) is 0 Å². The van der Waals surface area contributed by atoms with Gasteiger partial charge in [-0.2, -0.15) is 0 Å². The lowest BCUT2D eigenvalue weighted by atomic mass is 10.3. The molecule has 6 heteroatoms. The number of aliphatic hydroxyl groups excluding tert-OH is 1. The molecule has 1 aromatic heterocycles. The average molecular weight is 289 g/mol. The van der Waals surface area contributed by atoms with Gasteiger partial charge in [0.25, 0.3) is 0 Å². The van der Waals surface area contributed by atoms with E-state index in [2.05, 4.69) is 26.2 Å². The van der Waals surface area contributed by atoms with Gasteiger partial charge in [0.15, 0.2) is 0 Å². The van der Waals surface area contributed by atoms with Gasteiger partial charge in [0.1, 0.15) is 5.69 Å². The van der Waals surface area contributed by atoms with Crippen molar-refractivity contribution in [3.05, 3.63) is 39.6 Å². The third-order valence-electron chi connectivity index (χ3n) is 1.86. The highest BCUT2D eigenvalue weighted by molar-refractivity contribution is 9.10. The second-order valence-electron chi connectivity index (χ2n) is 2.91. The zero-order valence-electron chi connectivity index (χ0n) is 7.56. The van der Waals surface area contributed by atoms with E-state index in [1.54, 1.807) is 23.0 Å². The number of halogens is 2.